The summed E-state index contributed by atoms with van der Waals surface area (Å²) in [5.74, 6) is 0. The van der Waals surface area contributed by atoms with Crippen molar-refractivity contribution in [2.24, 2.45) is 0 Å². The van der Waals surface area contributed by atoms with E-state index in [0.717, 1.165) is 42.8 Å². The maximum Gasteiger partial charge on any atom is 0.185 e. The van der Waals surface area contributed by atoms with E-state index in [1.807, 2.05) is 17.2 Å². The number of aryl methyl sites for hydroxylation is 1. The first kappa shape index (κ1) is 20.1. The Bertz CT molecular complexity index is 1050. The highest BCUT2D eigenvalue weighted by Gasteiger charge is 2.24. The lowest BCUT2D eigenvalue weighted by atomic mass is 10.2. The molecule has 0 atom stereocenters. The van der Waals surface area contributed by atoms with E-state index in [1.165, 1.54) is 12.1 Å². The lowest BCUT2D eigenvalue weighted by Gasteiger charge is -2.25. The van der Waals surface area contributed by atoms with Crippen LogP contribution in [0.1, 0.15) is 12.1 Å². The summed E-state index contributed by atoms with van der Waals surface area (Å²) in [6, 6.07) is 4.36. The quantitative estimate of drug-likeness (QED) is 0.734. The third kappa shape index (κ3) is 4.61. The molecule has 1 aliphatic heterocycles. The van der Waals surface area contributed by atoms with Crippen molar-refractivity contribution in [3.63, 3.8) is 0 Å². The highest BCUT2D eigenvalue weighted by Crippen LogP contribution is 2.30. The Labute approximate surface area is 164 Å². The largest absolute Gasteiger partial charge is 0.369 e. The Balaban J connectivity index is 1.92. The van der Waals surface area contributed by atoms with Gasteiger partial charge in [0.15, 0.2) is 24.8 Å². The fraction of sp³-hybridized carbons (Fsp3) is 0.471. The Morgan fingerprint density at radius 1 is 0.963 bits per heavy atom. The van der Waals surface area contributed by atoms with Gasteiger partial charge in [-0.1, -0.05) is 0 Å². The number of nitrogens with zero attached hydrogens (tertiary/aromatic N) is 3. The average Bonchev–Trinajstić information content (AvgIpc) is 2.86. The predicted octanol–water partition coefficient (Wildman–Crippen LogP) is 1.98. The summed E-state index contributed by atoms with van der Waals surface area (Å²) < 4.78 is 48.3. The van der Waals surface area contributed by atoms with E-state index < -0.39 is 19.7 Å². The van der Waals surface area contributed by atoms with Crippen LogP contribution in [0.3, 0.4) is 0 Å². The number of rotatable bonds is 4. The first-order valence-corrected chi connectivity index (χ1v) is 13.2. The van der Waals surface area contributed by atoms with Crippen LogP contribution >= 0.6 is 11.3 Å². The molecule has 0 aliphatic carbocycles. The van der Waals surface area contributed by atoms with Crippen LogP contribution in [-0.2, 0) is 19.7 Å². The molecule has 0 spiro atoms. The normalized spacial score (nSPS) is 16.4. The molecule has 1 aromatic heterocycles. The Kier molecular flexibility index (Phi) is 5.51. The maximum atomic E-state index is 12.3. The van der Waals surface area contributed by atoms with Gasteiger partial charge in [0.05, 0.1) is 21.2 Å². The Morgan fingerprint density at radius 3 is 2.22 bits per heavy atom. The zero-order valence-corrected chi connectivity index (χ0v) is 18.0. The highest BCUT2D eigenvalue weighted by atomic mass is 32.2. The van der Waals surface area contributed by atoms with Crippen LogP contribution in [0.15, 0.2) is 33.4 Å². The minimum Gasteiger partial charge on any atom is -0.369 e. The molecule has 0 saturated carbocycles. The minimum atomic E-state index is -3.57. The molecular formula is C17H23N3O4S3. The molecule has 0 amide bonds. The first-order valence-electron chi connectivity index (χ1n) is 8.52. The van der Waals surface area contributed by atoms with Gasteiger partial charge < -0.3 is 9.80 Å². The van der Waals surface area contributed by atoms with E-state index in [9.17, 15) is 16.8 Å². The van der Waals surface area contributed by atoms with E-state index in [4.69, 9.17) is 0 Å². The molecule has 1 aliphatic rings. The Hall–Kier alpha value is -1.65. The van der Waals surface area contributed by atoms with Gasteiger partial charge in [0.2, 0.25) is 0 Å². The van der Waals surface area contributed by atoms with Crippen molar-refractivity contribution in [2.75, 3.05) is 48.5 Å². The van der Waals surface area contributed by atoms with Crippen molar-refractivity contribution in [1.29, 1.82) is 0 Å². The summed E-state index contributed by atoms with van der Waals surface area (Å²) in [5.41, 5.74) is 1.55. The molecule has 0 bridgehead atoms. The monoisotopic (exact) mass is 429 g/mol. The summed E-state index contributed by atoms with van der Waals surface area (Å²) in [7, 11) is -7.05. The van der Waals surface area contributed by atoms with Gasteiger partial charge in [0, 0.05) is 44.1 Å². The van der Waals surface area contributed by atoms with Crippen LogP contribution in [0.5, 0.6) is 0 Å². The third-order valence-electron chi connectivity index (χ3n) is 4.47. The number of benzene rings is 1. The topological polar surface area (TPSA) is 87.7 Å². The lowest BCUT2D eigenvalue weighted by molar-refractivity contribution is 0.599. The van der Waals surface area contributed by atoms with Gasteiger partial charge in [-0.15, -0.1) is 11.3 Å². The molecule has 0 N–H and O–H groups in total. The van der Waals surface area contributed by atoms with Crippen LogP contribution in [0.4, 0.5) is 10.8 Å². The van der Waals surface area contributed by atoms with Crippen molar-refractivity contribution in [3.05, 3.63) is 29.3 Å². The number of hydrogen-bond donors (Lipinski definition) is 0. The fourth-order valence-electron chi connectivity index (χ4n) is 3.12. The van der Waals surface area contributed by atoms with Crippen molar-refractivity contribution in [1.82, 2.24) is 4.98 Å². The van der Waals surface area contributed by atoms with Crippen molar-refractivity contribution < 1.29 is 16.8 Å². The molecule has 2 aromatic rings. The third-order valence-corrected chi connectivity index (χ3v) is 7.73. The molecular weight excluding hydrogens is 406 g/mol. The van der Waals surface area contributed by atoms with Crippen LogP contribution < -0.4 is 9.80 Å². The highest BCUT2D eigenvalue weighted by molar-refractivity contribution is 7.91. The van der Waals surface area contributed by atoms with E-state index >= 15 is 0 Å². The molecule has 7 nitrogen and oxygen atoms in total. The van der Waals surface area contributed by atoms with Gasteiger partial charge in [0.1, 0.15) is 0 Å². The van der Waals surface area contributed by atoms with Gasteiger partial charge in [-0.25, -0.2) is 21.8 Å². The van der Waals surface area contributed by atoms with E-state index in [2.05, 4.69) is 9.88 Å². The van der Waals surface area contributed by atoms with Gasteiger partial charge >= 0.3 is 0 Å². The second kappa shape index (κ2) is 7.40. The fourth-order valence-corrected chi connectivity index (χ4v) is 5.62. The maximum absolute atomic E-state index is 12.3. The number of hydrogen-bond acceptors (Lipinski definition) is 8. The van der Waals surface area contributed by atoms with Crippen molar-refractivity contribution in [3.8, 4) is 0 Å². The second-order valence-electron chi connectivity index (χ2n) is 6.77. The SMILES string of the molecule is Cc1csc(N2CCCN(c3ccc(S(C)(=O)=O)cc3S(C)(=O)=O)CC2)n1. The smallest absolute Gasteiger partial charge is 0.185 e. The molecule has 1 saturated heterocycles. The molecule has 10 heteroatoms. The van der Waals surface area contributed by atoms with Gasteiger partial charge in [-0.2, -0.15) is 0 Å². The molecule has 148 valence electrons. The summed E-state index contributed by atoms with van der Waals surface area (Å²) in [5, 5.41) is 2.99. The molecule has 3 rings (SSSR count). The van der Waals surface area contributed by atoms with E-state index in [-0.39, 0.29) is 9.79 Å². The number of aromatic nitrogens is 1. The van der Waals surface area contributed by atoms with Crippen LogP contribution in [0.25, 0.3) is 0 Å². The summed E-state index contributed by atoms with van der Waals surface area (Å²) in [4.78, 5) is 8.83. The van der Waals surface area contributed by atoms with E-state index in [1.54, 1.807) is 17.4 Å². The van der Waals surface area contributed by atoms with Gasteiger partial charge in [0.25, 0.3) is 0 Å². The zero-order chi connectivity index (χ0) is 19.8. The van der Waals surface area contributed by atoms with Crippen LogP contribution in [0.2, 0.25) is 0 Å². The molecule has 0 radical (unpaired) electrons. The summed E-state index contributed by atoms with van der Waals surface area (Å²) in [6.07, 6.45) is 3.05. The number of thiazole rings is 1. The van der Waals surface area contributed by atoms with E-state index in [0.29, 0.717) is 18.8 Å². The van der Waals surface area contributed by atoms with Gasteiger partial charge in [-0.05, 0) is 31.5 Å². The molecule has 1 fully saturated rings. The predicted molar refractivity (Wildman–Crippen MR) is 109 cm³/mol. The average molecular weight is 430 g/mol. The number of anilines is 2. The summed E-state index contributed by atoms with van der Waals surface area (Å²) in [6.45, 7) is 4.87. The number of sulfone groups is 2. The zero-order valence-electron chi connectivity index (χ0n) is 15.5. The van der Waals surface area contributed by atoms with Crippen molar-refractivity contribution in [2.45, 2.75) is 23.1 Å². The van der Waals surface area contributed by atoms with Crippen LogP contribution in [0, 0.1) is 6.92 Å². The molecule has 0 unspecified atom stereocenters. The Morgan fingerprint density at radius 2 is 1.63 bits per heavy atom. The standard InChI is InChI=1S/C17H23N3O4S3/c1-13-12-25-17(18-13)20-8-4-7-19(9-10-20)15-6-5-14(26(2,21)22)11-16(15)27(3,23)24/h5-6,11-12H,4,7-10H2,1-3H3. The molecule has 27 heavy (non-hydrogen) atoms. The first-order chi connectivity index (χ1) is 12.6. The summed E-state index contributed by atoms with van der Waals surface area (Å²) >= 11 is 1.61. The second-order valence-corrected chi connectivity index (χ2v) is 11.6. The van der Waals surface area contributed by atoms with Crippen molar-refractivity contribution >= 4 is 41.8 Å². The lowest BCUT2D eigenvalue weighted by Crippen LogP contribution is -2.31. The molecule has 1 aromatic carbocycles. The van der Waals surface area contributed by atoms with Gasteiger partial charge in [-0.3, -0.25) is 0 Å². The molecule has 2 heterocycles. The minimum absolute atomic E-state index is 0.0152. The van der Waals surface area contributed by atoms with Crippen LogP contribution in [-0.4, -0.2) is 60.5 Å².